The largest absolute Gasteiger partial charge is 0.325 e. The lowest BCUT2D eigenvalue weighted by atomic mass is 9.85. The van der Waals surface area contributed by atoms with Gasteiger partial charge in [0, 0.05) is 10.4 Å². The zero-order chi connectivity index (χ0) is 12.8. The third kappa shape index (κ3) is 4.10. The number of rotatable bonds is 5. The molecule has 1 heterocycles. The maximum atomic E-state index is 6.64. The standard InChI is InChI=1S/C16H27NS/c1-2-5-14-6-3-10-16(17,11-8-14)12-9-15-7-4-13-18-15/h4,7,13-14H,2-3,5-6,8-12,17H2,1H3. The molecule has 1 aromatic rings. The van der Waals surface area contributed by atoms with Gasteiger partial charge in [0.2, 0.25) is 0 Å². The van der Waals surface area contributed by atoms with Gasteiger partial charge >= 0.3 is 0 Å². The summed E-state index contributed by atoms with van der Waals surface area (Å²) in [4.78, 5) is 1.49. The highest BCUT2D eigenvalue weighted by atomic mass is 32.1. The molecule has 1 aromatic heterocycles. The van der Waals surface area contributed by atoms with E-state index >= 15 is 0 Å². The quantitative estimate of drug-likeness (QED) is 0.763. The second-order valence-corrected chi connectivity index (χ2v) is 7.06. The number of hydrogen-bond donors (Lipinski definition) is 1. The van der Waals surface area contributed by atoms with Crippen molar-refractivity contribution in [2.75, 3.05) is 0 Å². The van der Waals surface area contributed by atoms with Crippen LogP contribution in [-0.2, 0) is 6.42 Å². The molecule has 0 aromatic carbocycles. The molecule has 1 nitrogen and oxygen atoms in total. The summed E-state index contributed by atoms with van der Waals surface area (Å²) in [5, 5.41) is 2.17. The van der Waals surface area contributed by atoms with Gasteiger partial charge in [-0.2, -0.15) is 0 Å². The Morgan fingerprint density at radius 3 is 3.00 bits per heavy atom. The second-order valence-electron chi connectivity index (χ2n) is 6.03. The van der Waals surface area contributed by atoms with Gasteiger partial charge in [0.25, 0.3) is 0 Å². The number of aryl methyl sites for hydroxylation is 1. The second kappa shape index (κ2) is 6.72. The molecule has 2 rings (SSSR count). The molecule has 0 spiro atoms. The van der Waals surface area contributed by atoms with Crippen molar-refractivity contribution in [2.45, 2.75) is 70.3 Å². The van der Waals surface area contributed by atoms with Gasteiger partial charge in [-0.1, -0.05) is 38.7 Å². The predicted octanol–water partition coefficient (Wildman–Crippen LogP) is 4.76. The summed E-state index contributed by atoms with van der Waals surface area (Å²) < 4.78 is 0. The first-order valence-electron chi connectivity index (χ1n) is 7.53. The number of thiophene rings is 1. The van der Waals surface area contributed by atoms with Crippen molar-refractivity contribution in [3.63, 3.8) is 0 Å². The third-order valence-electron chi connectivity index (χ3n) is 4.48. The molecule has 0 aliphatic heterocycles. The normalized spacial score (nSPS) is 29.1. The average molecular weight is 265 g/mol. The van der Waals surface area contributed by atoms with Crippen molar-refractivity contribution < 1.29 is 0 Å². The van der Waals surface area contributed by atoms with E-state index in [1.165, 1.54) is 62.7 Å². The highest BCUT2D eigenvalue weighted by Gasteiger charge is 2.28. The monoisotopic (exact) mass is 265 g/mol. The molecule has 2 atom stereocenters. The van der Waals surface area contributed by atoms with Gasteiger partial charge in [-0.15, -0.1) is 11.3 Å². The van der Waals surface area contributed by atoms with Crippen LogP contribution in [0.2, 0.25) is 0 Å². The Morgan fingerprint density at radius 2 is 2.28 bits per heavy atom. The van der Waals surface area contributed by atoms with Crippen LogP contribution in [0.3, 0.4) is 0 Å². The summed E-state index contributed by atoms with van der Waals surface area (Å²) >= 11 is 1.87. The van der Waals surface area contributed by atoms with E-state index < -0.39 is 0 Å². The van der Waals surface area contributed by atoms with Crippen molar-refractivity contribution >= 4 is 11.3 Å². The van der Waals surface area contributed by atoms with Gasteiger partial charge in [0.1, 0.15) is 0 Å². The molecule has 102 valence electrons. The Bertz CT molecular complexity index is 333. The maximum Gasteiger partial charge on any atom is 0.0157 e. The van der Waals surface area contributed by atoms with E-state index in [1.807, 2.05) is 11.3 Å². The lowest BCUT2D eigenvalue weighted by molar-refractivity contribution is 0.336. The van der Waals surface area contributed by atoms with E-state index in [4.69, 9.17) is 5.73 Å². The van der Waals surface area contributed by atoms with Crippen molar-refractivity contribution in [3.8, 4) is 0 Å². The lowest BCUT2D eigenvalue weighted by Gasteiger charge is -2.28. The summed E-state index contributed by atoms with van der Waals surface area (Å²) in [5.41, 5.74) is 6.76. The summed E-state index contributed by atoms with van der Waals surface area (Å²) in [6.07, 6.45) is 11.7. The topological polar surface area (TPSA) is 26.0 Å². The molecule has 0 bridgehead atoms. The van der Waals surface area contributed by atoms with Crippen molar-refractivity contribution in [2.24, 2.45) is 11.7 Å². The SMILES string of the molecule is CCCC1CCCC(N)(CCc2cccs2)CC1. The first-order valence-corrected chi connectivity index (χ1v) is 8.41. The van der Waals surface area contributed by atoms with Crippen LogP contribution in [0.1, 0.15) is 63.2 Å². The predicted molar refractivity (Wildman–Crippen MR) is 81.0 cm³/mol. The summed E-state index contributed by atoms with van der Waals surface area (Å²) in [6, 6.07) is 4.39. The smallest absolute Gasteiger partial charge is 0.0157 e. The lowest BCUT2D eigenvalue weighted by Crippen LogP contribution is -2.39. The van der Waals surface area contributed by atoms with Crippen LogP contribution < -0.4 is 5.73 Å². The van der Waals surface area contributed by atoms with Crippen LogP contribution in [-0.4, -0.2) is 5.54 Å². The zero-order valence-corrected chi connectivity index (χ0v) is 12.5. The first-order chi connectivity index (χ1) is 8.72. The van der Waals surface area contributed by atoms with E-state index in [0.717, 1.165) is 5.92 Å². The van der Waals surface area contributed by atoms with Gasteiger partial charge < -0.3 is 5.73 Å². The summed E-state index contributed by atoms with van der Waals surface area (Å²) in [7, 11) is 0. The van der Waals surface area contributed by atoms with Crippen molar-refractivity contribution in [3.05, 3.63) is 22.4 Å². The minimum absolute atomic E-state index is 0.118. The van der Waals surface area contributed by atoms with E-state index in [1.54, 1.807) is 0 Å². The van der Waals surface area contributed by atoms with Gasteiger partial charge in [-0.25, -0.2) is 0 Å². The van der Waals surface area contributed by atoms with Crippen LogP contribution in [0, 0.1) is 5.92 Å². The van der Waals surface area contributed by atoms with Gasteiger partial charge in [-0.3, -0.25) is 0 Å². The number of nitrogens with two attached hydrogens (primary N) is 1. The summed E-state index contributed by atoms with van der Waals surface area (Å²) in [5.74, 6) is 0.946. The van der Waals surface area contributed by atoms with Crippen LogP contribution in [0.5, 0.6) is 0 Å². The fraction of sp³-hybridized carbons (Fsp3) is 0.750. The summed E-state index contributed by atoms with van der Waals surface area (Å²) in [6.45, 7) is 2.30. The van der Waals surface area contributed by atoms with Crippen molar-refractivity contribution in [1.82, 2.24) is 0 Å². The molecule has 0 amide bonds. The fourth-order valence-electron chi connectivity index (χ4n) is 3.28. The van der Waals surface area contributed by atoms with Crippen LogP contribution >= 0.6 is 11.3 Å². The van der Waals surface area contributed by atoms with Gasteiger partial charge in [-0.05, 0) is 49.5 Å². The molecular weight excluding hydrogens is 238 g/mol. The highest BCUT2D eigenvalue weighted by Crippen LogP contribution is 2.34. The van der Waals surface area contributed by atoms with E-state index in [9.17, 15) is 0 Å². The van der Waals surface area contributed by atoms with Crippen LogP contribution in [0.4, 0.5) is 0 Å². The molecular formula is C16H27NS. The molecule has 0 radical (unpaired) electrons. The molecule has 2 unspecified atom stereocenters. The van der Waals surface area contributed by atoms with Gasteiger partial charge in [0.15, 0.2) is 0 Å². The fourth-order valence-corrected chi connectivity index (χ4v) is 3.99. The maximum absolute atomic E-state index is 6.64. The molecule has 1 aliphatic carbocycles. The molecule has 2 heteroatoms. The molecule has 2 N–H and O–H groups in total. The van der Waals surface area contributed by atoms with E-state index in [0.29, 0.717) is 0 Å². The van der Waals surface area contributed by atoms with E-state index in [-0.39, 0.29) is 5.54 Å². The third-order valence-corrected chi connectivity index (χ3v) is 5.42. The Labute approximate surface area is 116 Å². The highest BCUT2D eigenvalue weighted by molar-refractivity contribution is 7.09. The van der Waals surface area contributed by atoms with Crippen LogP contribution in [0.25, 0.3) is 0 Å². The minimum Gasteiger partial charge on any atom is -0.325 e. The molecule has 1 saturated carbocycles. The molecule has 1 aliphatic rings. The first kappa shape index (κ1) is 14.1. The Balaban J connectivity index is 1.83. The zero-order valence-electron chi connectivity index (χ0n) is 11.7. The Kier molecular flexibility index (Phi) is 5.25. The van der Waals surface area contributed by atoms with Gasteiger partial charge in [0.05, 0.1) is 0 Å². The Hall–Kier alpha value is -0.340. The molecule has 18 heavy (non-hydrogen) atoms. The molecule has 0 saturated heterocycles. The Morgan fingerprint density at radius 1 is 1.39 bits per heavy atom. The van der Waals surface area contributed by atoms with E-state index in [2.05, 4.69) is 24.4 Å². The minimum atomic E-state index is 0.118. The van der Waals surface area contributed by atoms with Crippen molar-refractivity contribution in [1.29, 1.82) is 0 Å². The average Bonchev–Trinajstić information content (AvgIpc) is 2.81. The van der Waals surface area contributed by atoms with Crippen LogP contribution in [0.15, 0.2) is 17.5 Å². The molecule has 1 fully saturated rings. The number of hydrogen-bond acceptors (Lipinski definition) is 2.